The van der Waals surface area contributed by atoms with E-state index in [1.165, 1.54) is 0 Å². The van der Waals surface area contributed by atoms with E-state index in [2.05, 4.69) is 4.98 Å². The Labute approximate surface area is 161 Å². The van der Waals surface area contributed by atoms with Gasteiger partial charge in [0.15, 0.2) is 0 Å². The number of fused-ring (bicyclic) bond motifs is 3. The van der Waals surface area contributed by atoms with E-state index < -0.39 is 0 Å². The van der Waals surface area contributed by atoms with Gasteiger partial charge in [-0.15, -0.1) is 0 Å². The van der Waals surface area contributed by atoms with E-state index in [0.29, 0.717) is 5.02 Å². The molecular weight excluding hydrogens is 362 g/mol. The number of ether oxygens (including phenoxy) is 2. The first kappa shape index (κ1) is 16.5. The van der Waals surface area contributed by atoms with Crippen LogP contribution >= 0.6 is 11.6 Å². The molecule has 5 rings (SSSR count). The third kappa shape index (κ3) is 3.03. The van der Waals surface area contributed by atoms with Crippen LogP contribution in [0.2, 0.25) is 5.02 Å². The third-order valence-electron chi connectivity index (χ3n) is 4.89. The number of para-hydroxylation sites is 1. The molecule has 4 aromatic rings. The molecule has 6 heteroatoms. The molecular formula is C21H18ClN3O2. The summed E-state index contributed by atoms with van der Waals surface area (Å²) < 4.78 is 13.7. The second-order valence-corrected chi connectivity index (χ2v) is 7.10. The summed E-state index contributed by atoms with van der Waals surface area (Å²) in [5.41, 5.74) is 2.71. The normalized spacial score (nSPS) is 15.4. The topological polar surface area (TPSA) is 49.2 Å². The van der Waals surface area contributed by atoms with Gasteiger partial charge in [0.1, 0.15) is 11.6 Å². The molecule has 0 saturated carbocycles. The highest BCUT2D eigenvalue weighted by atomic mass is 35.5. The maximum atomic E-state index is 6.42. The van der Waals surface area contributed by atoms with E-state index in [0.717, 1.165) is 59.4 Å². The van der Waals surface area contributed by atoms with Crippen molar-refractivity contribution in [1.29, 1.82) is 0 Å². The number of hydrogen-bond donors (Lipinski definition) is 0. The smallest absolute Gasteiger partial charge is 0.226 e. The third-order valence-corrected chi connectivity index (χ3v) is 5.14. The number of halogens is 1. The standard InChI is InChI=1S/C21H18ClN3O2/c22-14-5-7-15(8-6-14)25-21(27-16-9-11-26-12-10-16)18-13-23-19-4-2-1-3-17(19)20(18)24-25/h1-8,13,16H,9-12H2. The van der Waals surface area contributed by atoms with Crippen LogP contribution in [0.25, 0.3) is 27.5 Å². The predicted octanol–water partition coefficient (Wildman–Crippen LogP) is 4.78. The van der Waals surface area contributed by atoms with Crippen LogP contribution in [-0.2, 0) is 4.74 Å². The van der Waals surface area contributed by atoms with Gasteiger partial charge in [0, 0.05) is 29.4 Å². The lowest BCUT2D eigenvalue weighted by Gasteiger charge is -2.23. The van der Waals surface area contributed by atoms with Crippen LogP contribution in [0.5, 0.6) is 5.88 Å². The van der Waals surface area contributed by atoms with Crippen molar-refractivity contribution in [3.05, 3.63) is 59.8 Å². The summed E-state index contributed by atoms with van der Waals surface area (Å²) in [6.45, 7) is 1.44. The zero-order valence-corrected chi connectivity index (χ0v) is 15.4. The lowest BCUT2D eigenvalue weighted by molar-refractivity contribution is 0.0233. The molecule has 0 bridgehead atoms. The molecule has 1 fully saturated rings. The molecule has 136 valence electrons. The summed E-state index contributed by atoms with van der Waals surface area (Å²) in [6.07, 6.45) is 3.70. The lowest BCUT2D eigenvalue weighted by atomic mass is 10.1. The van der Waals surface area contributed by atoms with Crippen LogP contribution < -0.4 is 4.74 Å². The largest absolute Gasteiger partial charge is 0.474 e. The molecule has 0 aliphatic carbocycles. The van der Waals surface area contributed by atoms with Crippen molar-refractivity contribution < 1.29 is 9.47 Å². The summed E-state index contributed by atoms with van der Waals surface area (Å²) in [4.78, 5) is 4.61. The molecule has 0 unspecified atom stereocenters. The van der Waals surface area contributed by atoms with Crippen LogP contribution in [0.3, 0.4) is 0 Å². The van der Waals surface area contributed by atoms with Crippen molar-refractivity contribution in [3.8, 4) is 11.6 Å². The molecule has 1 aliphatic rings. The van der Waals surface area contributed by atoms with E-state index in [9.17, 15) is 0 Å². The van der Waals surface area contributed by atoms with E-state index in [4.69, 9.17) is 26.2 Å². The molecule has 0 amide bonds. The van der Waals surface area contributed by atoms with Gasteiger partial charge in [0.25, 0.3) is 0 Å². The molecule has 0 atom stereocenters. The SMILES string of the molecule is Clc1ccc(-n2nc3c(cnc4ccccc43)c2OC2CCOCC2)cc1. The number of pyridine rings is 1. The van der Waals surface area contributed by atoms with Crippen LogP contribution in [0, 0.1) is 0 Å². The molecule has 1 aliphatic heterocycles. The van der Waals surface area contributed by atoms with E-state index >= 15 is 0 Å². The van der Waals surface area contributed by atoms with E-state index in [-0.39, 0.29) is 6.10 Å². The highest BCUT2D eigenvalue weighted by Gasteiger charge is 2.22. The quantitative estimate of drug-likeness (QED) is 0.513. The minimum Gasteiger partial charge on any atom is -0.474 e. The minimum absolute atomic E-state index is 0.108. The van der Waals surface area contributed by atoms with E-state index in [1.807, 2.05) is 59.4 Å². The molecule has 2 aromatic carbocycles. The summed E-state index contributed by atoms with van der Waals surface area (Å²) in [6, 6.07) is 15.6. The Kier molecular flexibility index (Phi) is 4.19. The summed E-state index contributed by atoms with van der Waals surface area (Å²) in [5.74, 6) is 0.720. The van der Waals surface area contributed by atoms with Crippen molar-refractivity contribution in [1.82, 2.24) is 14.8 Å². The van der Waals surface area contributed by atoms with Gasteiger partial charge in [-0.3, -0.25) is 4.98 Å². The van der Waals surface area contributed by atoms with Gasteiger partial charge in [-0.05, 0) is 30.3 Å². The number of aromatic nitrogens is 3. The first-order valence-corrected chi connectivity index (χ1v) is 9.44. The Morgan fingerprint density at radius 3 is 2.59 bits per heavy atom. The summed E-state index contributed by atoms with van der Waals surface area (Å²) >= 11 is 6.07. The summed E-state index contributed by atoms with van der Waals surface area (Å²) in [7, 11) is 0. The van der Waals surface area contributed by atoms with Crippen molar-refractivity contribution in [2.75, 3.05) is 13.2 Å². The Balaban J connectivity index is 1.71. The van der Waals surface area contributed by atoms with Gasteiger partial charge in [0.2, 0.25) is 5.88 Å². The zero-order chi connectivity index (χ0) is 18.2. The molecule has 3 heterocycles. The molecule has 0 radical (unpaired) electrons. The average Bonchev–Trinajstić information content (AvgIpc) is 3.08. The second-order valence-electron chi connectivity index (χ2n) is 6.66. The second kappa shape index (κ2) is 6.83. The van der Waals surface area contributed by atoms with Gasteiger partial charge in [-0.1, -0.05) is 29.8 Å². The molecule has 0 N–H and O–H groups in total. The maximum Gasteiger partial charge on any atom is 0.226 e. The molecule has 1 saturated heterocycles. The lowest BCUT2D eigenvalue weighted by Crippen LogP contribution is -2.26. The molecule has 27 heavy (non-hydrogen) atoms. The Morgan fingerprint density at radius 2 is 1.78 bits per heavy atom. The van der Waals surface area contributed by atoms with Crippen LogP contribution in [0.4, 0.5) is 0 Å². The number of benzene rings is 2. The van der Waals surface area contributed by atoms with Gasteiger partial charge in [-0.2, -0.15) is 9.78 Å². The fourth-order valence-electron chi connectivity index (χ4n) is 3.47. The number of rotatable bonds is 3. The van der Waals surface area contributed by atoms with Gasteiger partial charge >= 0.3 is 0 Å². The predicted molar refractivity (Wildman–Crippen MR) is 106 cm³/mol. The van der Waals surface area contributed by atoms with Gasteiger partial charge in [-0.25, -0.2) is 0 Å². The first-order valence-electron chi connectivity index (χ1n) is 9.06. The first-order chi connectivity index (χ1) is 13.3. The average molecular weight is 380 g/mol. The maximum absolute atomic E-state index is 6.42. The summed E-state index contributed by atoms with van der Waals surface area (Å²) in [5, 5.41) is 7.50. The minimum atomic E-state index is 0.108. The van der Waals surface area contributed by atoms with Crippen molar-refractivity contribution in [2.24, 2.45) is 0 Å². The zero-order valence-electron chi connectivity index (χ0n) is 14.6. The van der Waals surface area contributed by atoms with Crippen LogP contribution in [-0.4, -0.2) is 34.1 Å². The molecule has 0 spiro atoms. The van der Waals surface area contributed by atoms with Crippen molar-refractivity contribution >= 4 is 33.4 Å². The molecule has 5 nitrogen and oxygen atoms in total. The van der Waals surface area contributed by atoms with Crippen molar-refractivity contribution in [2.45, 2.75) is 18.9 Å². The molecule has 2 aromatic heterocycles. The van der Waals surface area contributed by atoms with Crippen LogP contribution in [0.1, 0.15) is 12.8 Å². The van der Waals surface area contributed by atoms with Gasteiger partial charge < -0.3 is 9.47 Å². The number of hydrogen-bond acceptors (Lipinski definition) is 4. The fraction of sp³-hybridized carbons (Fsp3) is 0.238. The monoisotopic (exact) mass is 379 g/mol. The highest BCUT2D eigenvalue weighted by molar-refractivity contribution is 6.30. The Morgan fingerprint density at radius 1 is 1.00 bits per heavy atom. The fourth-order valence-corrected chi connectivity index (χ4v) is 3.60. The Bertz CT molecular complexity index is 1100. The number of nitrogens with zero attached hydrogens (tertiary/aromatic N) is 3. The highest BCUT2D eigenvalue weighted by Crippen LogP contribution is 2.34. The van der Waals surface area contributed by atoms with Crippen LogP contribution in [0.15, 0.2) is 54.7 Å². The van der Waals surface area contributed by atoms with E-state index in [1.54, 1.807) is 0 Å². The van der Waals surface area contributed by atoms with Gasteiger partial charge in [0.05, 0.1) is 29.8 Å². The Hall–Kier alpha value is -2.63. The van der Waals surface area contributed by atoms with Crippen molar-refractivity contribution in [3.63, 3.8) is 0 Å².